The van der Waals surface area contributed by atoms with E-state index in [1.54, 1.807) is 24.8 Å². The molecule has 5 nitrogen and oxygen atoms in total. The number of amides is 2. The van der Waals surface area contributed by atoms with Crippen LogP contribution in [0.4, 0.5) is 10.5 Å². The van der Waals surface area contributed by atoms with Gasteiger partial charge in [0.25, 0.3) is 0 Å². The van der Waals surface area contributed by atoms with Gasteiger partial charge in [-0.25, -0.2) is 9.59 Å². The molecule has 0 saturated carbocycles. The SMILES string of the molecule is C#CCSCCNC(=O)Nc1ccc(C(=O)O)cc1C. The lowest BCUT2D eigenvalue weighted by Crippen LogP contribution is -2.30. The molecule has 0 unspecified atom stereocenters. The Morgan fingerprint density at radius 2 is 2.20 bits per heavy atom. The number of urea groups is 1. The molecule has 3 N–H and O–H groups in total. The average Bonchev–Trinajstić information content (AvgIpc) is 2.40. The minimum Gasteiger partial charge on any atom is -0.478 e. The molecule has 0 bridgehead atoms. The van der Waals surface area contributed by atoms with Gasteiger partial charge in [-0.1, -0.05) is 5.92 Å². The number of hydrogen-bond acceptors (Lipinski definition) is 3. The third-order valence-electron chi connectivity index (χ3n) is 2.44. The number of nitrogens with one attached hydrogen (secondary N) is 2. The largest absolute Gasteiger partial charge is 0.478 e. The highest BCUT2D eigenvalue weighted by atomic mass is 32.2. The van der Waals surface area contributed by atoms with E-state index in [0.717, 1.165) is 5.75 Å². The van der Waals surface area contributed by atoms with E-state index in [0.29, 0.717) is 23.5 Å². The Labute approximate surface area is 122 Å². The minimum absolute atomic E-state index is 0.194. The van der Waals surface area contributed by atoms with Crippen molar-refractivity contribution in [1.29, 1.82) is 0 Å². The zero-order valence-electron chi connectivity index (χ0n) is 11.1. The number of carbonyl (C=O) groups excluding carboxylic acids is 1. The molecule has 0 aromatic heterocycles. The summed E-state index contributed by atoms with van der Waals surface area (Å²) in [7, 11) is 0. The van der Waals surface area contributed by atoms with E-state index in [2.05, 4.69) is 16.6 Å². The maximum atomic E-state index is 11.6. The van der Waals surface area contributed by atoms with Gasteiger partial charge in [0.15, 0.2) is 0 Å². The number of hydrogen-bond donors (Lipinski definition) is 3. The van der Waals surface area contributed by atoms with Crippen LogP contribution in [-0.2, 0) is 0 Å². The van der Waals surface area contributed by atoms with Crippen molar-refractivity contribution in [2.75, 3.05) is 23.4 Å². The Kier molecular flexibility index (Phi) is 6.47. The van der Waals surface area contributed by atoms with Gasteiger partial charge in [-0.3, -0.25) is 0 Å². The Morgan fingerprint density at radius 1 is 1.45 bits per heavy atom. The number of rotatable bonds is 6. The number of thioether (sulfide) groups is 1. The van der Waals surface area contributed by atoms with Crippen LogP contribution < -0.4 is 10.6 Å². The molecule has 1 aromatic rings. The Morgan fingerprint density at radius 3 is 2.80 bits per heavy atom. The Bertz CT molecular complexity index is 538. The number of anilines is 1. The Hall–Kier alpha value is -2.13. The monoisotopic (exact) mass is 292 g/mol. The van der Waals surface area contributed by atoms with Crippen molar-refractivity contribution in [3.8, 4) is 12.3 Å². The quantitative estimate of drug-likeness (QED) is 0.555. The van der Waals surface area contributed by atoms with Crippen molar-refractivity contribution in [3.05, 3.63) is 29.3 Å². The molecule has 6 heteroatoms. The molecule has 0 aliphatic rings. The fourth-order valence-electron chi connectivity index (χ4n) is 1.47. The van der Waals surface area contributed by atoms with Gasteiger partial charge < -0.3 is 15.7 Å². The fraction of sp³-hybridized carbons (Fsp3) is 0.286. The van der Waals surface area contributed by atoms with E-state index in [1.807, 2.05) is 0 Å². The molecule has 0 fully saturated rings. The number of aromatic carboxylic acids is 1. The minimum atomic E-state index is -0.991. The van der Waals surface area contributed by atoms with Crippen LogP contribution in [-0.4, -0.2) is 35.2 Å². The molecule has 1 rings (SSSR count). The van der Waals surface area contributed by atoms with Gasteiger partial charge in [-0.15, -0.1) is 18.2 Å². The van der Waals surface area contributed by atoms with Crippen molar-refractivity contribution >= 4 is 29.4 Å². The van der Waals surface area contributed by atoms with Crippen molar-refractivity contribution in [2.24, 2.45) is 0 Å². The van der Waals surface area contributed by atoms with Crippen LogP contribution in [0.5, 0.6) is 0 Å². The molecular formula is C14H16N2O3S. The first-order valence-corrected chi connectivity index (χ1v) is 7.10. The molecule has 0 heterocycles. The number of carboxylic acid groups (broad SMARTS) is 1. The van der Waals surface area contributed by atoms with E-state index in [4.69, 9.17) is 11.5 Å². The normalized spacial score (nSPS) is 9.60. The van der Waals surface area contributed by atoms with Gasteiger partial charge in [-0.05, 0) is 30.7 Å². The molecule has 20 heavy (non-hydrogen) atoms. The van der Waals surface area contributed by atoms with Crippen LogP contribution >= 0.6 is 11.8 Å². The standard InChI is InChI=1S/C14H16N2O3S/c1-3-7-20-8-6-15-14(19)16-12-5-4-11(13(17)18)9-10(12)2/h1,4-5,9H,6-8H2,2H3,(H,17,18)(H2,15,16,19). The average molecular weight is 292 g/mol. The maximum absolute atomic E-state index is 11.6. The molecule has 0 aliphatic carbocycles. The zero-order valence-corrected chi connectivity index (χ0v) is 11.9. The second kappa shape index (κ2) is 8.12. The highest BCUT2D eigenvalue weighted by Gasteiger charge is 2.07. The van der Waals surface area contributed by atoms with Gasteiger partial charge >= 0.3 is 12.0 Å². The second-order valence-electron chi connectivity index (χ2n) is 3.97. The number of terminal acetylenes is 1. The molecule has 2 amide bonds. The summed E-state index contributed by atoms with van der Waals surface area (Å²) in [6.07, 6.45) is 5.11. The van der Waals surface area contributed by atoms with Gasteiger partial charge in [0, 0.05) is 18.0 Å². The van der Waals surface area contributed by atoms with Crippen molar-refractivity contribution in [2.45, 2.75) is 6.92 Å². The Balaban J connectivity index is 2.46. The number of carboxylic acids is 1. The molecule has 0 saturated heterocycles. The van der Waals surface area contributed by atoms with Crippen LogP contribution in [0, 0.1) is 19.3 Å². The molecule has 1 aromatic carbocycles. The third kappa shape index (κ3) is 5.24. The van der Waals surface area contributed by atoms with E-state index < -0.39 is 5.97 Å². The van der Waals surface area contributed by atoms with E-state index in [-0.39, 0.29) is 11.6 Å². The number of benzene rings is 1. The van der Waals surface area contributed by atoms with Gasteiger partial charge in [-0.2, -0.15) is 0 Å². The lowest BCUT2D eigenvalue weighted by molar-refractivity contribution is 0.0697. The van der Waals surface area contributed by atoms with Crippen molar-refractivity contribution in [1.82, 2.24) is 5.32 Å². The summed E-state index contributed by atoms with van der Waals surface area (Å²) in [6.45, 7) is 2.26. The lowest BCUT2D eigenvalue weighted by atomic mass is 10.1. The summed E-state index contributed by atoms with van der Waals surface area (Å²) >= 11 is 1.57. The van der Waals surface area contributed by atoms with Crippen LogP contribution in [0.3, 0.4) is 0 Å². The summed E-state index contributed by atoms with van der Waals surface area (Å²) in [5, 5.41) is 14.2. The first kappa shape index (κ1) is 15.9. The highest BCUT2D eigenvalue weighted by molar-refractivity contribution is 7.99. The molecule has 0 radical (unpaired) electrons. The maximum Gasteiger partial charge on any atom is 0.335 e. The first-order valence-electron chi connectivity index (χ1n) is 5.94. The van der Waals surface area contributed by atoms with Crippen LogP contribution in [0.1, 0.15) is 15.9 Å². The van der Waals surface area contributed by atoms with Crippen molar-refractivity contribution in [3.63, 3.8) is 0 Å². The fourth-order valence-corrected chi connectivity index (χ4v) is 1.98. The van der Waals surface area contributed by atoms with Crippen LogP contribution in [0.15, 0.2) is 18.2 Å². The molecule has 0 aliphatic heterocycles. The van der Waals surface area contributed by atoms with Crippen LogP contribution in [0.25, 0.3) is 0 Å². The van der Waals surface area contributed by atoms with Crippen LogP contribution in [0.2, 0.25) is 0 Å². The predicted octanol–water partition coefficient (Wildman–Crippen LogP) is 2.18. The summed E-state index contributed by atoms with van der Waals surface area (Å²) < 4.78 is 0. The number of aryl methyl sites for hydroxylation is 1. The van der Waals surface area contributed by atoms with E-state index >= 15 is 0 Å². The van der Waals surface area contributed by atoms with Crippen molar-refractivity contribution < 1.29 is 14.7 Å². The smallest absolute Gasteiger partial charge is 0.335 e. The highest BCUT2D eigenvalue weighted by Crippen LogP contribution is 2.16. The topological polar surface area (TPSA) is 78.4 Å². The molecule has 0 spiro atoms. The van der Waals surface area contributed by atoms with E-state index in [1.165, 1.54) is 12.1 Å². The third-order valence-corrected chi connectivity index (χ3v) is 3.30. The zero-order chi connectivity index (χ0) is 15.0. The molecular weight excluding hydrogens is 276 g/mol. The van der Waals surface area contributed by atoms with Gasteiger partial charge in [0.2, 0.25) is 0 Å². The summed E-state index contributed by atoms with van der Waals surface area (Å²) in [4.78, 5) is 22.4. The number of carbonyl (C=O) groups is 2. The first-order chi connectivity index (χ1) is 9.54. The molecule has 106 valence electrons. The van der Waals surface area contributed by atoms with E-state index in [9.17, 15) is 9.59 Å². The van der Waals surface area contributed by atoms with Gasteiger partial charge in [0.1, 0.15) is 0 Å². The predicted molar refractivity (Wildman–Crippen MR) is 81.3 cm³/mol. The second-order valence-corrected chi connectivity index (χ2v) is 5.08. The lowest BCUT2D eigenvalue weighted by Gasteiger charge is -2.10. The summed E-state index contributed by atoms with van der Waals surface area (Å²) in [5.74, 6) is 2.88. The summed E-state index contributed by atoms with van der Waals surface area (Å²) in [5.41, 5.74) is 1.48. The van der Waals surface area contributed by atoms with Gasteiger partial charge in [0.05, 0.1) is 11.3 Å². The summed E-state index contributed by atoms with van der Waals surface area (Å²) in [6, 6.07) is 4.22. The molecule has 0 atom stereocenters.